The second kappa shape index (κ2) is 13.9. The van der Waals surface area contributed by atoms with Gasteiger partial charge in [0.15, 0.2) is 0 Å². The van der Waals surface area contributed by atoms with E-state index in [1.807, 2.05) is 12.1 Å². The molecule has 59 heavy (non-hydrogen) atoms. The van der Waals surface area contributed by atoms with Crippen molar-refractivity contribution in [1.29, 1.82) is 0 Å². The first-order valence-electron chi connectivity index (χ1n) is 20.4. The molecule has 1 aliphatic carbocycles. The predicted octanol–water partition coefficient (Wildman–Crippen LogP) is 16.0. The summed E-state index contributed by atoms with van der Waals surface area (Å²) in [5, 5.41) is 2.28. The van der Waals surface area contributed by atoms with Crippen molar-refractivity contribution in [2.24, 2.45) is 0 Å². The Morgan fingerprint density at radius 1 is 0.356 bits per heavy atom. The molecule has 0 fully saturated rings. The molecular weight excluding hydrogens is 715 g/mol. The van der Waals surface area contributed by atoms with Crippen molar-refractivity contribution in [3.63, 3.8) is 0 Å². The minimum Gasteiger partial charge on any atom is -0.455 e. The van der Waals surface area contributed by atoms with Gasteiger partial charge in [-0.05, 0) is 110 Å². The molecule has 1 aliphatic rings. The van der Waals surface area contributed by atoms with Gasteiger partial charge in [0.1, 0.15) is 11.2 Å². The quantitative estimate of drug-likeness (QED) is 0.161. The van der Waals surface area contributed by atoms with Crippen LogP contribution in [-0.4, -0.2) is 0 Å². The highest BCUT2D eigenvalue weighted by molar-refractivity contribution is 6.09. The number of anilines is 3. The number of furan rings is 1. The highest BCUT2D eigenvalue weighted by Gasteiger charge is 2.36. The van der Waals surface area contributed by atoms with Crippen LogP contribution in [0.4, 0.5) is 17.1 Å². The fourth-order valence-electron chi connectivity index (χ4n) is 9.31. The molecule has 1 aromatic heterocycles. The van der Waals surface area contributed by atoms with E-state index in [1.165, 1.54) is 44.5 Å². The molecule has 0 spiro atoms. The topological polar surface area (TPSA) is 16.4 Å². The summed E-state index contributed by atoms with van der Waals surface area (Å²) in [5.41, 5.74) is 20.0. The first kappa shape index (κ1) is 34.8. The lowest BCUT2D eigenvalue weighted by molar-refractivity contribution is 0.660. The maximum Gasteiger partial charge on any atom is 0.143 e. The van der Waals surface area contributed by atoms with Crippen LogP contribution in [0, 0.1) is 0 Å². The van der Waals surface area contributed by atoms with Crippen molar-refractivity contribution in [3.05, 3.63) is 223 Å². The maximum absolute atomic E-state index is 6.41. The Hall–Kier alpha value is -7.42. The van der Waals surface area contributed by atoms with Crippen LogP contribution in [0.2, 0.25) is 0 Å². The van der Waals surface area contributed by atoms with Gasteiger partial charge in [0.25, 0.3) is 0 Å². The summed E-state index contributed by atoms with van der Waals surface area (Å²) < 4.78 is 6.41. The Balaban J connectivity index is 0.964. The van der Waals surface area contributed by atoms with Gasteiger partial charge in [0.2, 0.25) is 0 Å². The van der Waals surface area contributed by atoms with Gasteiger partial charge in [-0.15, -0.1) is 0 Å². The van der Waals surface area contributed by atoms with E-state index in [4.69, 9.17) is 4.42 Å². The van der Waals surface area contributed by atoms with E-state index in [-0.39, 0.29) is 5.41 Å². The molecule has 2 heteroatoms. The van der Waals surface area contributed by atoms with Gasteiger partial charge in [-0.2, -0.15) is 0 Å². The standard InChI is InChI=1S/C57H41NO/c1-57(2)52-22-8-6-18-51(52)55-47(19-12-23-53(55)57)41-29-35-46(36-30-41)58(44-31-25-39(26-32-44)38-13-4-3-5-14-38)45-33-27-40(28-34-45)42-15-10-16-43(37-42)48-20-11-21-50-49-17-7-9-24-54(49)59-56(48)50/h3-37H,1-2H3. The third-order valence-electron chi connectivity index (χ3n) is 12.3. The van der Waals surface area contributed by atoms with Gasteiger partial charge in [0.05, 0.1) is 0 Å². The number of fused-ring (bicyclic) bond motifs is 6. The molecule has 0 amide bonds. The number of nitrogens with zero attached hydrogens (tertiary/aromatic N) is 1. The maximum atomic E-state index is 6.41. The van der Waals surface area contributed by atoms with Gasteiger partial charge in [-0.1, -0.05) is 178 Å². The third-order valence-corrected chi connectivity index (χ3v) is 12.3. The van der Waals surface area contributed by atoms with Crippen molar-refractivity contribution < 1.29 is 4.42 Å². The second-order valence-electron chi connectivity index (χ2n) is 16.1. The fourth-order valence-corrected chi connectivity index (χ4v) is 9.31. The van der Waals surface area contributed by atoms with Crippen LogP contribution < -0.4 is 4.90 Å². The van der Waals surface area contributed by atoms with Crippen LogP contribution >= 0.6 is 0 Å². The second-order valence-corrected chi connectivity index (χ2v) is 16.1. The van der Waals surface area contributed by atoms with Crippen LogP contribution in [0.5, 0.6) is 0 Å². The van der Waals surface area contributed by atoms with E-state index in [1.54, 1.807) is 0 Å². The van der Waals surface area contributed by atoms with Crippen LogP contribution in [0.25, 0.3) is 77.6 Å². The monoisotopic (exact) mass is 755 g/mol. The lowest BCUT2D eigenvalue weighted by atomic mass is 9.82. The molecule has 0 aliphatic heterocycles. The Morgan fingerprint density at radius 3 is 1.59 bits per heavy atom. The number of para-hydroxylation sites is 2. The van der Waals surface area contributed by atoms with Gasteiger partial charge in [-0.3, -0.25) is 0 Å². The summed E-state index contributed by atoms with van der Waals surface area (Å²) in [6, 6.07) is 76.7. The molecule has 9 aromatic carbocycles. The summed E-state index contributed by atoms with van der Waals surface area (Å²) >= 11 is 0. The minimum absolute atomic E-state index is 0.0410. The molecule has 1 heterocycles. The summed E-state index contributed by atoms with van der Waals surface area (Å²) in [4.78, 5) is 2.36. The number of rotatable bonds is 7. The Bertz CT molecular complexity index is 3150. The molecule has 0 bridgehead atoms. The molecular formula is C57H41NO. The Morgan fingerprint density at radius 2 is 0.847 bits per heavy atom. The lowest BCUT2D eigenvalue weighted by Gasteiger charge is -2.26. The van der Waals surface area contributed by atoms with E-state index in [0.717, 1.165) is 61.3 Å². The zero-order chi connectivity index (χ0) is 39.5. The highest BCUT2D eigenvalue weighted by Crippen LogP contribution is 2.52. The zero-order valence-corrected chi connectivity index (χ0v) is 33.1. The summed E-state index contributed by atoms with van der Waals surface area (Å²) in [5.74, 6) is 0. The van der Waals surface area contributed by atoms with Crippen LogP contribution in [0.3, 0.4) is 0 Å². The minimum atomic E-state index is -0.0410. The highest BCUT2D eigenvalue weighted by atomic mass is 16.3. The predicted molar refractivity (Wildman–Crippen MR) is 248 cm³/mol. The first-order chi connectivity index (χ1) is 29.0. The van der Waals surface area contributed by atoms with E-state index < -0.39 is 0 Å². The Labute approximate surface area is 345 Å². The van der Waals surface area contributed by atoms with Gasteiger partial charge < -0.3 is 9.32 Å². The SMILES string of the molecule is CC1(C)c2ccccc2-c2c(-c3ccc(N(c4ccc(-c5ccccc5)cc4)c4ccc(-c5cccc(-c6cccc7c6oc6ccccc67)c5)cc4)cc3)cccc21. The molecule has 0 unspecified atom stereocenters. The van der Waals surface area contributed by atoms with E-state index in [9.17, 15) is 0 Å². The summed E-state index contributed by atoms with van der Waals surface area (Å²) in [6.07, 6.45) is 0. The smallest absolute Gasteiger partial charge is 0.143 e. The Kier molecular flexibility index (Phi) is 8.20. The van der Waals surface area contributed by atoms with Crippen molar-refractivity contribution in [2.75, 3.05) is 4.90 Å². The van der Waals surface area contributed by atoms with Crippen molar-refractivity contribution >= 4 is 39.0 Å². The molecule has 0 atom stereocenters. The molecule has 11 rings (SSSR count). The number of benzene rings is 9. The normalized spacial score (nSPS) is 12.7. The molecule has 10 aromatic rings. The average molecular weight is 756 g/mol. The van der Waals surface area contributed by atoms with Gasteiger partial charge in [0, 0.05) is 38.8 Å². The molecule has 0 radical (unpaired) electrons. The first-order valence-corrected chi connectivity index (χ1v) is 20.4. The summed E-state index contributed by atoms with van der Waals surface area (Å²) in [7, 11) is 0. The van der Waals surface area contributed by atoms with Crippen LogP contribution in [-0.2, 0) is 5.41 Å². The van der Waals surface area contributed by atoms with E-state index in [2.05, 4.69) is 219 Å². The number of hydrogen-bond donors (Lipinski definition) is 0. The largest absolute Gasteiger partial charge is 0.455 e. The fraction of sp³-hybridized carbons (Fsp3) is 0.0526. The van der Waals surface area contributed by atoms with Crippen molar-refractivity contribution in [1.82, 2.24) is 0 Å². The summed E-state index contributed by atoms with van der Waals surface area (Å²) in [6.45, 7) is 4.69. The van der Waals surface area contributed by atoms with E-state index >= 15 is 0 Å². The molecule has 280 valence electrons. The van der Waals surface area contributed by atoms with Crippen LogP contribution in [0.15, 0.2) is 217 Å². The molecule has 0 saturated carbocycles. The molecule has 2 nitrogen and oxygen atoms in total. The lowest BCUT2D eigenvalue weighted by Crippen LogP contribution is -2.14. The number of hydrogen-bond acceptors (Lipinski definition) is 2. The molecule has 0 N–H and O–H groups in total. The van der Waals surface area contributed by atoms with Crippen molar-refractivity contribution in [2.45, 2.75) is 19.3 Å². The van der Waals surface area contributed by atoms with Crippen molar-refractivity contribution in [3.8, 4) is 55.6 Å². The van der Waals surface area contributed by atoms with Crippen LogP contribution in [0.1, 0.15) is 25.0 Å². The van der Waals surface area contributed by atoms with Gasteiger partial charge >= 0.3 is 0 Å². The third kappa shape index (κ3) is 5.87. The molecule has 0 saturated heterocycles. The van der Waals surface area contributed by atoms with E-state index in [0.29, 0.717) is 0 Å². The zero-order valence-electron chi connectivity index (χ0n) is 33.1. The van der Waals surface area contributed by atoms with Gasteiger partial charge in [-0.25, -0.2) is 0 Å². The average Bonchev–Trinajstić information content (AvgIpc) is 3.80.